The van der Waals surface area contributed by atoms with Crippen LogP contribution in [0.4, 0.5) is 11.8 Å². The minimum absolute atomic E-state index is 0.0639. The van der Waals surface area contributed by atoms with Gasteiger partial charge in [-0.05, 0) is 18.9 Å². The molecule has 1 saturated heterocycles. The first kappa shape index (κ1) is 12.6. The van der Waals surface area contributed by atoms with E-state index < -0.39 is 0 Å². The summed E-state index contributed by atoms with van der Waals surface area (Å²) in [6.45, 7) is 1.67. The fourth-order valence-corrected chi connectivity index (χ4v) is 3.35. The number of anilines is 2. The molecule has 2 heterocycles. The minimum atomic E-state index is -0.235. The zero-order chi connectivity index (χ0) is 13.5. The molecule has 0 bridgehead atoms. The SMILES string of the molecule is CO[C@H]1C[C@@H](O)C12CCN(c1nccc(N)n1)CC2. The van der Waals surface area contributed by atoms with Gasteiger partial charge in [-0.3, -0.25) is 0 Å². The number of nitrogen functional groups attached to an aromatic ring is 1. The van der Waals surface area contributed by atoms with Gasteiger partial charge >= 0.3 is 0 Å². The summed E-state index contributed by atoms with van der Waals surface area (Å²) in [6.07, 6.45) is 4.20. The van der Waals surface area contributed by atoms with Gasteiger partial charge in [-0.2, -0.15) is 4.98 Å². The van der Waals surface area contributed by atoms with Crippen molar-refractivity contribution in [3.8, 4) is 0 Å². The lowest BCUT2D eigenvalue weighted by molar-refractivity contribution is -0.190. The number of ether oxygens (including phenoxy) is 1. The maximum absolute atomic E-state index is 10.1. The van der Waals surface area contributed by atoms with E-state index in [1.54, 1.807) is 19.4 Å². The van der Waals surface area contributed by atoms with Gasteiger partial charge < -0.3 is 20.5 Å². The molecule has 2 fully saturated rings. The van der Waals surface area contributed by atoms with Gasteiger partial charge in [-0.15, -0.1) is 0 Å². The minimum Gasteiger partial charge on any atom is -0.392 e. The maximum atomic E-state index is 10.1. The van der Waals surface area contributed by atoms with Gasteiger partial charge in [0.25, 0.3) is 0 Å². The predicted molar refractivity (Wildman–Crippen MR) is 71.7 cm³/mol. The van der Waals surface area contributed by atoms with E-state index in [0.717, 1.165) is 32.4 Å². The highest BCUT2D eigenvalue weighted by Gasteiger charge is 2.55. The fraction of sp³-hybridized carbons (Fsp3) is 0.692. The van der Waals surface area contributed by atoms with Crippen molar-refractivity contribution in [3.63, 3.8) is 0 Å². The first-order valence-corrected chi connectivity index (χ1v) is 6.70. The molecule has 6 heteroatoms. The fourth-order valence-electron chi connectivity index (χ4n) is 3.35. The van der Waals surface area contributed by atoms with Crippen molar-refractivity contribution in [1.82, 2.24) is 9.97 Å². The molecule has 1 aromatic rings. The standard InChI is InChI=1S/C13H20N4O2/c1-19-10-8-9(18)13(10)3-6-17(7-4-13)12-15-5-2-11(14)16-12/h2,5,9-10,18H,3-4,6-8H2,1H3,(H2,14,15,16)/t9-,10+/m1/s1. The third kappa shape index (κ3) is 1.95. The monoisotopic (exact) mass is 264 g/mol. The average Bonchev–Trinajstić information content (AvgIpc) is 2.44. The van der Waals surface area contributed by atoms with Crippen molar-refractivity contribution in [1.29, 1.82) is 0 Å². The second-order valence-corrected chi connectivity index (χ2v) is 5.48. The molecule has 1 spiro atoms. The lowest BCUT2D eigenvalue weighted by Crippen LogP contribution is -2.62. The van der Waals surface area contributed by atoms with Crippen molar-refractivity contribution in [3.05, 3.63) is 12.3 Å². The average molecular weight is 264 g/mol. The molecule has 1 saturated carbocycles. The summed E-state index contributed by atoms with van der Waals surface area (Å²) < 4.78 is 5.48. The largest absolute Gasteiger partial charge is 0.392 e. The zero-order valence-corrected chi connectivity index (χ0v) is 11.1. The Hall–Kier alpha value is -1.40. The summed E-state index contributed by atoms with van der Waals surface area (Å²) in [5, 5.41) is 10.1. The summed E-state index contributed by atoms with van der Waals surface area (Å²) in [5.41, 5.74) is 5.62. The van der Waals surface area contributed by atoms with Crippen LogP contribution in [-0.2, 0) is 4.74 Å². The van der Waals surface area contributed by atoms with Crippen LogP contribution in [0.15, 0.2) is 12.3 Å². The Bertz CT molecular complexity index is 460. The van der Waals surface area contributed by atoms with Crippen LogP contribution in [-0.4, -0.2) is 47.5 Å². The van der Waals surface area contributed by atoms with Crippen LogP contribution < -0.4 is 10.6 Å². The van der Waals surface area contributed by atoms with Gasteiger partial charge in [0, 0.05) is 38.2 Å². The molecule has 2 atom stereocenters. The number of piperidine rings is 1. The van der Waals surface area contributed by atoms with E-state index in [2.05, 4.69) is 14.9 Å². The third-order valence-electron chi connectivity index (χ3n) is 4.67. The molecule has 3 rings (SSSR count). The highest BCUT2D eigenvalue weighted by molar-refractivity contribution is 5.38. The number of nitrogens with zero attached hydrogens (tertiary/aromatic N) is 3. The van der Waals surface area contributed by atoms with Gasteiger partial charge in [0.05, 0.1) is 12.2 Å². The van der Waals surface area contributed by atoms with Crippen LogP contribution in [0.3, 0.4) is 0 Å². The van der Waals surface area contributed by atoms with Crippen molar-refractivity contribution in [2.24, 2.45) is 5.41 Å². The van der Waals surface area contributed by atoms with Crippen LogP contribution in [0.2, 0.25) is 0 Å². The second kappa shape index (κ2) is 4.61. The summed E-state index contributed by atoms with van der Waals surface area (Å²) in [4.78, 5) is 10.6. The number of aliphatic hydroxyl groups excluding tert-OH is 1. The van der Waals surface area contributed by atoms with Crippen molar-refractivity contribution in [2.45, 2.75) is 31.5 Å². The molecular formula is C13H20N4O2. The Morgan fingerprint density at radius 1 is 1.47 bits per heavy atom. The van der Waals surface area contributed by atoms with E-state index in [0.29, 0.717) is 11.8 Å². The smallest absolute Gasteiger partial charge is 0.227 e. The summed E-state index contributed by atoms with van der Waals surface area (Å²) in [5.74, 6) is 1.17. The number of hydrogen-bond donors (Lipinski definition) is 2. The number of nitrogens with two attached hydrogens (primary N) is 1. The van der Waals surface area contributed by atoms with Crippen LogP contribution in [0.1, 0.15) is 19.3 Å². The van der Waals surface area contributed by atoms with Crippen molar-refractivity contribution in [2.75, 3.05) is 30.8 Å². The summed E-state index contributed by atoms with van der Waals surface area (Å²) in [6, 6.07) is 1.69. The normalized spacial score (nSPS) is 29.3. The summed E-state index contributed by atoms with van der Waals surface area (Å²) >= 11 is 0. The third-order valence-corrected chi connectivity index (χ3v) is 4.67. The van der Waals surface area contributed by atoms with E-state index >= 15 is 0 Å². The molecule has 1 aliphatic heterocycles. The van der Waals surface area contributed by atoms with Crippen molar-refractivity contribution >= 4 is 11.8 Å². The molecule has 2 aliphatic rings. The number of aliphatic hydroxyl groups is 1. The molecule has 1 aromatic heterocycles. The van der Waals surface area contributed by atoms with Crippen LogP contribution in [0, 0.1) is 5.41 Å². The molecule has 104 valence electrons. The van der Waals surface area contributed by atoms with Gasteiger partial charge in [-0.25, -0.2) is 4.98 Å². The molecular weight excluding hydrogens is 244 g/mol. The molecule has 19 heavy (non-hydrogen) atoms. The topological polar surface area (TPSA) is 84.5 Å². The molecule has 1 aliphatic carbocycles. The number of rotatable bonds is 2. The molecule has 0 aromatic carbocycles. The van der Waals surface area contributed by atoms with Crippen molar-refractivity contribution < 1.29 is 9.84 Å². The first-order valence-electron chi connectivity index (χ1n) is 6.70. The maximum Gasteiger partial charge on any atom is 0.227 e. The van der Waals surface area contributed by atoms with E-state index in [1.165, 1.54) is 0 Å². The molecule has 0 unspecified atom stereocenters. The van der Waals surface area contributed by atoms with E-state index in [4.69, 9.17) is 10.5 Å². The number of methoxy groups -OCH3 is 1. The number of aromatic nitrogens is 2. The zero-order valence-electron chi connectivity index (χ0n) is 11.1. The first-order chi connectivity index (χ1) is 9.15. The van der Waals surface area contributed by atoms with E-state index in [-0.39, 0.29) is 17.6 Å². The highest BCUT2D eigenvalue weighted by Crippen LogP contribution is 2.50. The van der Waals surface area contributed by atoms with Crippen LogP contribution >= 0.6 is 0 Å². The van der Waals surface area contributed by atoms with Crippen LogP contribution in [0.25, 0.3) is 0 Å². The van der Waals surface area contributed by atoms with Gasteiger partial charge in [0.1, 0.15) is 5.82 Å². The Balaban J connectivity index is 1.70. The Labute approximate surface area is 112 Å². The van der Waals surface area contributed by atoms with Crippen LogP contribution in [0.5, 0.6) is 0 Å². The molecule has 0 amide bonds. The van der Waals surface area contributed by atoms with Gasteiger partial charge in [0.15, 0.2) is 0 Å². The van der Waals surface area contributed by atoms with Gasteiger partial charge in [-0.1, -0.05) is 0 Å². The summed E-state index contributed by atoms with van der Waals surface area (Å²) in [7, 11) is 1.73. The molecule has 0 radical (unpaired) electrons. The Kier molecular flexibility index (Phi) is 3.06. The molecule has 6 nitrogen and oxygen atoms in total. The molecule has 3 N–H and O–H groups in total. The second-order valence-electron chi connectivity index (χ2n) is 5.48. The van der Waals surface area contributed by atoms with E-state index in [1.807, 2.05) is 0 Å². The van der Waals surface area contributed by atoms with Gasteiger partial charge in [0.2, 0.25) is 5.95 Å². The highest BCUT2D eigenvalue weighted by atomic mass is 16.5. The Morgan fingerprint density at radius 2 is 2.21 bits per heavy atom. The quantitative estimate of drug-likeness (QED) is 0.805. The Morgan fingerprint density at radius 3 is 2.79 bits per heavy atom. The number of hydrogen-bond acceptors (Lipinski definition) is 6. The lowest BCUT2D eigenvalue weighted by atomic mass is 9.58. The lowest BCUT2D eigenvalue weighted by Gasteiger charge is -2.56. The van der Waals surface area contributed by atoms with E-state index in [9.17, 15) is 5.11 Å². The predicted octanol–water partition coefficient (Wildman–Crippen LogP) is 0.425.